The van der Waals surface area contributed by atoms with E-state index in [1.54, 1.807) is 20.3 Å². The molecule has 4 rings (SSSR count). The normalized spacial score (nSPS) is 20.0. The zero-order chi connectivity index (χ0) is 25.2. The molecule has 7 heteroatoms. The van der Waals surface area contributed by atoms with E-state index in [4.69, 9.17) is 14.5 Å². The molecule has 35 heavy (non-hydrogen) atoms. The maximum absolute atomic E-state index is 13.8. The fourth-order valence-corrected chi connectivity index (χ4v) is 5.71. The number of fused-ring (bicyclic) bond motifs is 2. The number of nitrogens with one attached hydrogen (secondary N) is 1. The lowest BCUT2D eigenvalue weighted by Crippen LogP contribution is -2.45. The molecule has 3 aromatic rings. The lowest BCUT2D eigenvalue weighted by Gasteiger charge is -2.44. The van der Waals surface area contributed by atoms with Gasteiger partial charge in [-0.15, -0.1) is 0 Å². The van der Waals surface area contributed by atoms with Gasteiger partial charge in [-0.05, 0) is 80.6 Å². The molecule has 2 aromatic carbocycles. The van der Waals surface area contributed by atoms with Crippen LogP contribution in [0.1, 0.15) is 56.0 Å². The third-order valence-corrected chi connectivity index (χ3v) is 7.45. The minimum absolute atomic E-state index is 0.0146. The molecule has 1 aliphatic carbocycles. The number of halogens is 1. The summed E-state index contributed by atoms with van der Waals surface area (Å²) >= 11 is 0. The number of ether oxygens (including phenoxy) is 2. The van der Waals surface area contributed by atoms with Crippen LogP contribution in [0, 0.1) is 11.7 Å². The minimum Gasteiger partial charge on any atom is -0.494 e. The molecular weight excluding hydrogens is 445 g/mol. The van der Waals surface area contributed by atoms with Crippen LogP contribution in [0.2, 0.25) is 0 Å². The van der Waals surface area contributed by atoms with Crippen molar-refractivity contribution in [2.75, 3.05) is 34.4 Å². The van der Waals surface area contributed by atoms with E-state index < -0.39 is 5.60 Å². The zero-order valence-corrected chi connectivity index (χ0v) is 21.5. The van der Waals surface area contributed by atoms with Gasteiger partial charge in [-0.25, -0.2) is 9.37 Å². The van der Waals surface area contributed by atoms with Crippen LogP contribution in [0.15, 0.2) is 30.3 Å². The first-order valence-corrected chi connectivity index (χ1v) is 12.5. The lowest BCUT2D eigenvalue weighted by molar-refractivity contribution is -0.0301. The Morgan fingerprint density at radius 2 is 1.91 bits per heavy atom. The Labute approximate surface area is 207 Å². The molecular formula is C28H38FN3O3. The number of aromatic amines is 1. The summed E-state index contributed by atoms with van der Waals surface area (Å²) in [7, 11) is 5.40. The number of benzene rings is 2. The van der Waals surface area contributed by atoms with E-state index in [0.717, 1.165) is 71.8 Å². The number of H-pyrrole nitrogens is 1. The molecule has 0 aliphatic heterocycles. The standard InChI is InChI=1S/C28H38FN3O3/c1-18(2)25-21-9-8-20(29)17-19(21)12-13-28(25,33)14-16-32(3)15-6-7-24-30-26-22(34-4)10-11-23(35-5)27(26)31-24/h8-11,17-18,25,33H,6-7,12-16H2,1-5H3,(H,30,31)/t25?,28-/m0/s1. The smallest absolute Gasteiger partial charge is 0.146 e. The van der Waals surface area contributed by atoms with E-state index in [2.05, 4.69) is 30.8 Å². The Morgan fingerprint density at radius 3 is 2.63 bits per heavy atom. The summed E-state index contributed by atoms with van der Waals surface area (Å²) < 4.78 is 24.7. The number of hydrogen-bond donors (Lipinski definition) is 2. The monoisotopic (exact) mass is 483 g/mol. The average molecular weight is 484 g/mol. The van der Waals surface area contributed by atoms with Crippen LogP contribution in [0.5, 0.6) is 11.5 Å². The van der Waals surface area contributed by atoms with Crippen molar-refractivity contribution in [1.82, 2.24) is 14.9 Å². The molecule has 1 heterocycles. The SMILES string of the molecule is COc1ccc(OC)c2[nH]c(CCCN(C)CC[C@@]3(O)CCc4cc(F)ccc4C3C(C)C)nc12. The van der Waals surface area contributed by atoms with Crippen molar-refractivity contribution < 1.29 is 19.0 Å². The van der Waals surface area contributed by atoms with E-state index in [-0.39, 0.29) is 17.7 Å². The third kappa shape index (κ3) is 5.31. The van der Waals surface area contributed by atoms with E-state index in [1.165, 1.54) is 6.07 Å². The number of rotatable bonds is 10. The summed E-state index contributed by atoms with van der Waals surface area (Å²) in [4.78, 5) is 10.4. The van der Waals surface area contributed by atoms with Gasteiger partial charge >= 0.3 is 0 Å². The van der Waals surface area contributed by atoms with E-state index in [9.17, 15) is 9.50 Å². The van der Waals surface area contributed by atoms with Gasteiger partial charge in [-0.1, -0.05) is 19.9 Å². The van der Waals surface area contributed by atoms with E-state index >= 15 is 0 Å². The molecule has 0 saturated carbocycles. The van der Waals surface area contributed by atoms with Crippen LogP contribution < -0.4 is 9.47 Å². The Hall–Kier alpha value is -2.64. The van der Waals surface area contributed by atoms with Crippen molar-refractivity contribution in [3.63, 3.8) is 0 Å². The number of methoxy groups -OCH3 is 2. The highest BCUT2D eigenvalue weighted by atomic mass is 19.1. The molecule has 2 atom stereocenters. The predicted octanol–water partition coefficient (Wildman–Crippen LogP) is 5.09. The third-order valence-electron chi connectivity index (χ3n) is 7.45. The molecule has 1 unspecified atom stereocenters. The minimum atomic E-state index is -0.779. The number of imidazole rings is 1. The summed E-state index contributed by atoms with van der Waals surface area (Å²) in [6.45, 7) is 6.00. The molecule has 0 spiro atoms. The number of nitrogens with zero attached hydrogens (tertiary/aromatic N) is 2. The van der Waals surface area contributed by atoms with Gasteiger partial charge in [0.25, 0.3) is 0 Å². The van der Waals surface area contributed by atoms with Gasteiger partial charge < -0.3 is 24.5 Å². The van der Waals surface area contributed by atoms with Crippen LogP contribution in [-0.2, 0) is 12.8 Å². The zero-order valence-electron chi connectivity index (χ0n) is 21.5. The van der Waals surface area contributed by atoms with Crippen molar-refractivity contribution in [2.45, 2.75) is 57.5 Å². The molecule has 1 aliphatic rings. The molecule has 0 fully saturated rings. The second kappa shape index (κ2) is 10.5. The fraction of sp³-hybridized carbons (Fsp3) is 0.536. The van der Waals surface area contributed by atoms with Crippen molar-refractivity contribution in [3.05, 3.63) is 53.1 Å². The van der Waals surface area contributed by atoms with Gasteiger partial charge in [0.2, 0.25) is 0 Å². The van der Waals surface area contributed by atoms with Crippen molar-refractivity contribution in [3.8, 4) is 11.5 Å². The maximum Gasteiger partial charge on any atom is 0.146 e. The second-order valence-electron chi connectivity index (χ2n) is 10.2. The Bertz CT molecular complexity index is 1120. The van der Waals surface area contributed by atoms with Crippen molar-refractivity contribution in [2.24, 2.45) is 5.92 Å². The van der Waals surface area contributed by atoms with E-state index in [1.807, 2.05) is 18.2 Å². The Kier molecular flexibility index (Phi) is 7.67. The van der Waals surface area contributed by atoms with Crippen LogP contribution in [0.25, 0.3) is 11.0 Å². The lowest BCUT2D eigenvalue weighted by atomic mass is 9.66. The number of aromatic nitrogens is 2. The Balaban J connectivity index is 1.35. The fourth-order valence-electron chi connectivity index (χ4n) is 5.71. The predicted molar refractivity (Wildman–Crippen MR) is 137 cm³/mol. The summed E-state index contributed by atoms with van der Waals surface area (Å²) in [5.74, 6) is 2.48. The van der Waals surface area contributed by atoms with Gasteiger partial charge in [0.15, 0.2) is 0 Å². The first-order valence-electron chi connectivity index (χ1n) is 12.5. The molecule has 2 N–H and O–H groups in total. The van der Waals surface area contributed by atoms with Gasteiger partial charge in [0.1, 0.15) is 34.2 Å². The Morgan fingerprint density at radius 1 is 1.17 bits per heavy atom. The molecule has 6 nitrogen and oxygen atoms in total. The number of hydrogen-bond acceptors (Lipinski definition) is 5. The average Bonchev–Trinajstić information content (AvgIpc) is 3.26. The molecule has 0 radical (unpaired) electrons. The van der Waals surface area contributed by atoms with Gasteiger partial charge in [-0.2, -0.15) is 0 Å². The van der Waals surface area contributed by atoms with Gasteiger partial charge in [0.05, 0.1) is 19.8 Å². The van der Waals surface area contributed by atoms with Crippen LogP contribution in [-0.4, -0.2) is 59.9 Å². The van der Waals surface area contributed by atoms with Gasteiger partial charge in [-0.3, -0.25) is 0 Å². The topological polar surface area (TPSA) is 70.6 Å². The summed E-state index contributed by atoms with van der Waals surface area (Å²) in [5, 5.41) is 11.7. The van der Waals surface area contributed by atoms with Crippen molar-refractivity contribution in [1.29, 1.82) is 0 Å². The highest BCUT2D eigenvalue weighted by molar-refractivity contribution is 5.87. The summed E-state index contributed by atoms with van der Waals surface area (Å²) in [5.41, 5.74) is 3.01. The van der Waals surface area contributed by atoms with Crippen LogP contribution in [0.3, 0.4) is 0 Å². The number of aryl methyl sites for hydroxylation is 2. The quantitative estimate of drug-likeness (QED) is 0.420. The molecule has 0 saturated heterocycles. The molecule has 0 amide bonds. The molecule has 190 valence electrons. The summed E-state index contributed by atoms with van der Waals surface area (Å²) in [6, 6.07) is 8.79. The highest BCUT2D eigenvalue weighted by Crippen LogP contribution is 2.45. The molecule has 1 aromatic heterocycles. The van der Waals surface area contributed by atoms with Crippen LogP contribution >= 0.6 is 0 Å². The largest absolute Gasteiger partial charge is 0.494 e. The first-order chi connectivity index (χ1) is 16.8. The maximum atomic E-state index is 13.8. The first kappa shape index (κ1) is 25.5. The van der Waals surface area contributed by atoms with Crippen LogP contribution in [0.4, 0.5) is 4.39 Å². The van der Waals surface area contributed by atoms with Gasteiger partial charge in [0, 0.05) is 18.9 Å². The molecule has 0 bridgehead atoms. The second-order valence-corrected chi connectivity index (χ2v) is 10.2. The van der Waals surface area contributed by atoms with E-state index in [0.29, 0.717) is 12.8 Å². The highest BCUT2D eigenvalue weighted by Gasteiger charge is 2.43. The summed E-state index contributed by atoms with van der Waals surface area (Å²) in [6.07, 6.45) is 3.83. The van der Waals surface area contributed by atoms with Crippen molar-refractivity contribution >= 4 is 11.0 Å². The number of aliphatic hydroxyl groups is 1.